The first-order chi connectivity index (χ1) is 10.3. The van der Waals surface area contributed by atoms with E-state index in [2.05, 4.69) is 4.72 Å². The molecule has 0 saturated heterocycles. The molecule has 1 N–H and O–H groups in total. The average molecular weight is 330 g/mol. The molecule has 1 atom stereocenters. The van der Waals surface area contributed by atoms with Gasteiger partial charge in [0.2, 0.25) is 10.0 Å². The molecular weight excluding hydrogens is 314 g/mol. The molecule has 1 heterocycles. The van der Waals surface area contributed by atoms with Gasteiger partial charge in [0, 0.05) is 6.54 Å². The lowest BCUT2D eigenvalue weighted by atomic mass is 10.2. The number of rotatable bonds is 6. The minimum absolute atomic E-state index is 0.0296. The van der Waals surface area contributed by atoms with E-state index in [0.29, 0.717) is 11.8 Å². The molecule has 22 heavy (non-hydrogen) atoms. The summed E-state index contributed by atoms with van der Waals surface area (Å²) in [4.78, 5) is 1.45. The van der Waals surface area contributed by atoms with Crippen LogP contribution >= 0.6 is 0 Å². The summed E-state index contributed by atoms with van der Waals surface area (Å²) in [5, 5.41) is 0. The molecule has 0 saturated carbocycles. The highest BCUT2D eigenvalue weighted by Crippen LogP contribution is 2.19. The van der Waals surface area contributed by atoms with E-state index in [1.807, 2.05) is 0 Å². The van der Waals surface area contributed by atoms with Crippen LogP contribution in [0.4, 0.5) is 8.78 Å². The summed E-state index contributed by atoms with van der Waals surface area (Å²) in [5.74, 6) is -1.71. The van der Waals surface area contributed by atoms with Gasteiger partial charge in [-0.15, -0.1) is 0 Å². The van der Waals surface area contributed by atoms with Crippen LogP contribution in [0, 0.1) is 11.6 Å². The van der Waals surface area contributed by atoms with E-state index in [4.69, 9.17) is 4.42 Å². The van der Waals surface area contributed by atoms with Gasteiger partial charge in [0.1, 0.15) is 5.76 Å². The summed E-state index contributed by atoms with van der Waals surface area (Å²) in [6.07, 6.45) is 1.50. The molecule has 0 bridgehead atoms. The quantitative estimate of drug-likeness (QED) is 0.881. The van der Waals surface area contributed by atoms with Gasteiger partial charge >= 0.3 is 0 Å². The third-order valence-corrected chi connectivity index (χ3v) is 4.58. The largest absolute Gasteiger partial charge is 0.468 e. The minimum atomic E-state index is -3.94. The van der Waals surface area contributed by atoms with Crippen LogP contribution in [-0.2, 0) is 10.0 Å². The summed E-state index contributed by atoms with van der Waals surface area (Å²) < 4.78 is 58.0. The smallest absolute Gasteiger partial charge is 0.240 e. The van der Waals surface area contributed by atoms with Crippen LogP contribution in [0.25, 0.3) is 0 Å². The van der Waals surface area contributed by atoms with Crippen molar-refractivity contribution in [2.75, 3.05) is 20.6 Å². The Hall–Kier alpha value is -1.77. The second-order valence-electron chi connectivity index (χ2n) is 4.92. The number of hydrogen-bond acceptors (Lipinski definition) is 4. The molecular formula is C14H16F2N2O3S. The zero-order valence-electron chi connectivity index (χ0n) is 12.1. The van der Waals surface area contributed by atoms with Crippen LogP contribution in [0.3, 0.4) is 0 Å². The highest BCUT2D eigenvalue weighted by Gasteiger charge is 2.22. The monoisotopic (exact) mass is 330 g/mol. The molecule has 2 aromatic rings. The topological polar surface area (TPSA) is 62.6 Å². The molecule has 120 valence electrons. The van der Waals surface area contributed by atoms with Crippen LogP contribution < -0.4 is 4.72 Å². The Kier molecular flexibility index (Phi) is 4.94. The van der Waals surface area contributed by atoms with Gasteiger partial charge in [-0.25, -0.2) is 21.9 Å². The summed E-state index contributed by atoms with van der Waals surface area (Å²) in [7, 11) is -0.391. The number of halogens is 2. The molecule has 1 aromatic carbocycles. The molecule has 0 fully saturated rings. The van der Waals surface area contributed by atoms with Crippen LogP contribution in [0.15, 0.2) is 45.9 Å². The average Bonchev–Trinajstić information content (AvgIpc) is 2.95. The molecule has 1 aromatic heterocycles. The second-order valence-corrected chi connectivity index (χ2v) is 6.69. The van der Waals surface area contributed by atoms with Crippen molar-refractivity contribution in [2.45, 2.75) is 10.9 Å². The maximum absolute atomic E-state index is 13.2. The Morgan fingerprint density at radius 2 is 1.95 bits per heavy atom. The van der Waals surface area contributed by atoms with Gasteiger partial charge in [0.25, 0.3) is 0 Å². The number of benzene rings is 1. The van der Waals surface area contributed by atoms with E-state index >= 15 is 0 Å². The molecule has 0 amide bonds. The van der Waals surface area contributed by atoms with Crippen molar-refractivity contribution in [1.29, 1.82) is 0 Å². The number of nitrogens with one attached hydrogen (secondary N) is 1. The Balaban J connectivity index is 2.16. The molecule has 0 spiro atoms. The summed E-state index contributed by atoms with van der Waals surface area (Å²) >= 11 is 0. The molecule has 2 rings (SSSR count). The lowest BCUT2D eigenvalue weighted by Crippen LogP contribution is -2.34. The highest BCUT2D eigenvalue weighted by atomic mass is 32.2. The SMILES string of the molecule is CN(C)C(CNS(=O)(=O)c1ccc(F)c(F)c1)c1ccco1. The maximum atomic E-state index is 13.2. The van der Waals surface area contributed by atoms with Gasteiger partial charge < -0.3 is 4.42 Å². The molecule has 8 heteroatoms. The number of hydrogen-bond donors (Lipinski definition) is 1. The molecule has 0 aliphatic heterocycles. The standard InChI is InChI=1S/C14H16F2N2O3S/c1-18(2)13(14-4-3-7-21-14)9-17-22(19,20)10-5-6-11(15)12(16)8-10/h3-8,13,17H,9H2,1-2H3. The first-order valence-electron chi connectivity index (χ1n) is 6.46. The van der Waals surface area contributed by atoms with E-state index < -0.39 is 21.7 Å². The van der Waals surface area contributed by atoms with Crippen molar-refractivity contribution in [1.82, 2.24) is 9.62 Å². The number of nitrogens with zero attached hydrogens (tertiary/aromatic N) is 1. The van der Waals surface area contributed by atoms with E-state index in [9.17, 15) is 17.2 Å². The first-order valence-corrected chi connectivity index (χ1v) is 7.94. The Morgan fingerprint density at radius 3 is 2.50 bits per heavy atom. The minimum Gasteiger partial charge on any atom is -0.468 e. The lowest BCUT2D eigenvalue weighted by Gasteiger charge is -2.22. The molecule has 0 aliphatic carbocycles. The van der Waals surface area contributed by atoms with Crippen molar-refractivity contribution < 1.29 is 21.6 Å². The highest BCUT2D eigenvalue weighted by molar-refractivity contribution is 7.89. The number of sulfonamides is 1. The molecule has 5 nitrogen and oxygen atoms in total. The van der Waals surface area contributed by atoms with Crippen LogP contribution in [0.1, 0.15) is 11.8 Å². The Labute approximate surface area is 127 Å². The van der Waals surface area contributed by atoms with Crippen molar-refractivity contribution >= 4 is 10.0 Å². The summed E-state index contributed by atoms with van der Waals surface area (Å²) in [6, 6.07) is 5.55. The number of likely N-dealkylation sites (N-methyl/N-ethyl adjacent to an activating group) is 1. The summed E-state index contributed by atoms with van der Waals surface area (Å²) in [5.41, 5.74) is 0. The van der Waals surface area contributed by atoms with Crippen molar-refractivity contribution in [3.8, 4) is 0 Å². The fourth-order valence-corrected chi connectivity index (χ4v) is 2.98. The van der Waals surface area contributed by atoms with Gasteiger partial charge in [-0.2, -0.15) is 0 Å². The van der Waals surface area contributed by atoms with Crippen LogP contribution in [-0.4, -0.2) is 34.0 Å². The van der Waals surface area contributed by atoms with E-state index in [1.54, 1.807) is 31.1 Å². The van der Waals surface area contributed by atoms with E-state index in [0.717, 1.165) is 12.1 Å². The van der Waals surface area contributed by atoms with Crippen LogP contribution in [0.5, 0.6) is 0 Å². The zero-order valence-corrected chi connectivity index (χ0v) is 12.9. The van der Waals surface area contributed by atoms with Crippen molar-refractivity contribution in [2.24, 2.45) is 0 Å². The van der Waals surface area contributed by atoms with Crippen LogP contribution in [0.2, 0.25) is 0 Å². The fourth-order valence-electron chi connectivity index (χ4n) is 1.93. The maximum Gasteiger partial charge on any atom is 0.240 e. The fraction of sp³-hybridized carbons (Fsp3) is 0.286. The molecule has 0 radical (unpaired) electrons. The third-order valence-electron chi connectivity index (χ3n) is 3.16. The predicted molar refractivity (Wildman–Crippen MR) is 76.7 cm³/mol. The zero-order chi connectivity index (χ0) is 16.3. The Morgan fingerprint density at radius 1 is 1.23 bits per heavy atom. The van der Waals surface area contributed by atoms with E-state index in [1.165, 1.54) is 6.26 Å². The van der Waals surface area contributed by atoms with Crippen molar-refractivity contribution in [3.05, 3.63) is 54.0 Å². The van der Waals surface area contributed by atoms with E-state index in [-0.39, 0.29) is 17.5 Å². The lowest BCUT2D eigenvalue weighted by molar-refractivity contribution is 0.259. The normalized spacial score (nSPS) is 13.5. The Bertz CT molecular complexity index is 731. The van der Waals surface area contributed by atoms with Crippen molar-refractivity contribution in [3.63, 3.8) is 0 Å². The number of furan rings is 1. The second kappa shape index (κ2) is 6.55. The van der Waals surface area contributed by atoms with Gasteiger partial charge in [0.15, 0.2) is 11.6 Å². The molecule has 0 aliphatic rings. The van der Waals surface area contributed by atoms with Gasteiger partial charge in [-0.1, -0.05) is 0 Å². The van der Waals surface area contributed by atoms with Gasteiger partial charge in [-0.05, 0) is 44.4 Å². The van der Waals surface area contributed by atoms with Gasteiger partial charge in [-0.3, -0.25) is 4.90 Å². The molecule has 1 unspecified atom stereocenters. The van der Waals surface area contributed by atoms with Gasteiger partial charge in [0.05, 0.1) is 17.2 Å². The predicted octanol–water partition coefficient (Wildman–Crippen LogP) is 2.14. The first kappa shape index (κ1) is 16.6. The third kappa shape index (κ3) is 3.70. The summed E-state index contributed by atoms with van der Waals surface area (Å²) in [6.45, 7) is 0.0296.